The summed E-state index contributed by atoms with van der Waals surface area (Å²) in [6.45, 7) is 4.80. The Labute approximate surface area is 246 Å². The lowest BCUT2D eigenvalue weighted by Crippen LogP contribution is -2.09. The van der Waals surface area contributed by atoms with Crippen molar-refractivity contribution in [2.24, 2.45) is 0 Å². The van der Waals surface area contributed by atoms with Crippen LogP contribution >= 0.6 is 0 Å². The van der Waals surface area contributed by atoms with Crippen LogP contribution in [0, 0.1) is 0 Å². The van der Waals surface area contributed by atoms with Crippen molar-refractivity contribution in [3.63, 3.8) is 0 Å². The summed E-state index contributed by atoms with van der Waals surface area (Å²) >= 11 is 0. The van der Waals surface area contributed by atoms with Gasteiger partial charge in [0.15, 0.2) is 0 Å². The van der Waals surface area contributed by atoms with Crippen LogP contribution in [0.25, 0.3) is 21.8 Å². The molecule has 0 spiro atoms. The van der Waals surface area contributed by atoms with Gasteiger partial charge in [0.25, 0.3) is 0 Å². The third-order valence-corrected chi connectivity index (χ3v) is 7.72. The van der Waals surface area contributed by atoms with Crippen LogP contribution in [0.15, 0.2) is 170 Å². The van der Waals surface area contributed by atoms with Gasteiger partial charge in [0.05, 0.1) is 0 Å². The van der Waals surface area contributed by atoms with Gasteiger partial charge in [-0.15, -0.1) is 6.58 Å². The molecule has 7 aromatic rings. The number of nitrogens with zero attached hydrogens (tertiary/aromatic N) is 3. The zero-order valence-electron chi connectivity index (χ0n) is 23.3. The molecule has 0 saturated carbocycles. The van der Waals surface area contributed by atoms with Gasteiger partial charge in [-0.1, -0.05) is 78.9 Å². The van der Waals surface area contributed by atoms with Crippen molar-refractivity contribution >= 4 is 55.9 Å². The molecule has 0 atom stereocenters. The number of hydrogen-bond donors (Lipinski definition) is 0. The first-order valence-corrected chi connectivity index (χ1v) is 14.3. The predicted molar refractivity (Wildman–Crippen MR) is 179 cm³/mol. The Morgan fingerprint density at radius 1 is 0.429 bits per heavy atom. The summed E-state index contributed by atoms with van der Waals surface area (Å²) in [5.74, 6) is 0. The molecule has 0 unspecified atom stereocenters. The Morgan fingerprint density at radius 3 is 1.07 bits per heavy atom. The summed E-state index contributed by atoms with van der Waals surface area (Å²) in [5.41, 5.74) is 9.11. The van der Waals surface area contributed by atoms with E-state index in [1.54, 1.807) is 0 Å². The van der Waals surface area contributed by atoms with Crippen LogP contribution < -0.4 is 9.80 Å². The molecule has 6 aromatic carbocycles. The van der Waals surface area contributed by atoms with E-state index in [0.29, 0.717) is 0 Å². The molecule has 1 aromatic heterocycles. The minimum Gasteiger partial charge on any atom is -0.337 e. The molecule has 0 N–H and O–H groups in total. The smallest absolute Gasteiger partial charge is 0.0495 e. The summed E-state index contributed by atoms with van der Waals surface area (Å²) in [4.78, 5) is 4.64. The van der Waals surface area contributed by atoms with Crippen molar-refractivity contribution in [2.45, 2.75) is 6.54 Å². The quantitative estimate of drug-likeness (QED) is 0.177. The minimum atomic E-state index is 0.737. The van der Waals surface area contributed by atoms with Gasteiger partial charge in [0, 0.05) is 62.5 Å². The maximum atomic E-state index is 4.06. The highest BCUT2D eigenvalue weighted by Crippen LogP contribution is 2.41. The standard InChI is InChI=1S/C39H31N3/c1-2-27-40-38-25-23-34(41(30-15-7-3-8-16-30)31-17-9-4-10-18-31)28-36(38)37-29-35(24-26-39(37)40)42(32-19-11-5-12-20-32)33-21-13-6-14-22-33/h2-26,28-29H,1,27H2. The molecule has 0 aliphatic carbocycles. The number of rotatable bonds is 8. The number of aromatic nitrogens is 1. The zero-order chi connectivity index (χ0) is 28.3. The second kappa shape index (κ2) is 11.1. The molecule has 0 radical (unpaired) electrons. The molecular formula is C39H31N3. The van der Waals surface area contributed by atoms with Crippen LogP contribution in [-0.4, -0.2) is 4.57 Å². The number of fused-ring (bicyclic) bond motifs is 3. The normalized spacial score (nSPS) is 11.0. The van der Waals surface area contributed by atoms with Crippen LogP contribution in [-0.2, 0) is 6.54 Å². The van der Waals surface area contributed by atoms with E-state index >= 15 is 0 Å². The molecule has 0 bridgehead atoms. The third kappa shape index (κ3) is 4.61. The Balaban J connectivity index is 1.46. The van der Waals surface area contributed by atoms with Crippen molar-refractivity contribution in [3.8, 4) is 0 Å². The average Bonchev–Trinajstić information content (AvgIpc) is 3.36. The second-order valence-electron chi connectivity index (χ2n) is 10.3. The van der Waals surface area contributed by atoms with E-state index in [9.17, 15) is 0 Å². The van der Waals surface area contributed by atoms with Gasteiger partial charge in [0.1, 0.15) is 0 Å². The number of anilines is 6. The fourth-order valence-corrected chi connectivity index (χ4v) is 5.89. The fraction of sp³-hybridized carbons (Fsp3) is 0.0256. The summed E-state index contributed by atoms with van der Waals surface area (Å²) in [7, 11) is 0. The SMILES string of the molecule is C=CCn1c2ccc(N(c3ccccc3)c3ccccc3)cc2c2cc(N(c3ccccc3)c3ccccc3)ccc21. The van der Waals surface area contributed by atoms with Gasteiger partial charge in [-0.25, -0.2) is 0 Å². The van der Waals surface area contributed by atoms with Crippen molar-refractivity contribution < 1.29 is 0 Å². The number of para-hydroxylation sites is 4. The van der Waals surface area contributed by atoms with Crippen LogP contribution in [0.3, 0.4) is 0 Å². The lowest BCUT2D eigenvalue weighted by atomic mass is 10.1. The highest BCUT2D eigenvalue weighted by atomic mass is 15.1. The van der Waals surface area contributed by atoms with Crippen LogP contribution in [0.1, 0.15) is 0 Å². The van der Waals surface area contributed by atoms with Crippen molar-refractivity contribution in [3.05, 3.63) is 170 Å². The first-order chi connectivity index (χ1) is 20.8. The predicted octanol–water partition coefficient (Wildman–Crippen LogP) is 10.9. The van der Waals surface area contributed by atoms with E-state index in [-0.39, 0.29) is 0 Å². The van der Waals surface area contributed by atoms with Crippen LogP contribution in [0.4, 0.5) is 34.1 Å². The molecule has 3 heteroatoms. The molecule has 0 fully saturated rings. The maximum Gasteiger partial charge on any atom is 0.0495 e. The summed E-state index contributed by atoms with van der Waals surface area (Å²) in [5, 5.41) is 2.42. The third-order valence-electron chi connectivity index (χ3n) is 7.72. The van der Waals surface area contributed by atoms with E-state index in [1.165, 1.54) is 21.8 Å². The molecule has 7 rings (SSSR count). The van der Waals surface area contributed by atoms with Gasteiger partial charge in [-0.05, 0) is 84.9 Å². The lowest BCUT2D eigenvalue weighted by Gasteiger charge is -2.26. The van der Waals surface area contributed by atoms with E-state index < -0.39 is 0 Å². The van der Waals surface area contributed by atoms with Gasteiger partial charge in [-0.3, -0.25) is 0 Å². The van der Waals surface area contributed by atoms with Crippen molar-refractivity contribution in [1.82, 2.24) is 4.57 Å². The number of hydrogen-bond acceptors (Lipinski definition) is 2. The first kappa shape index (κ1) is 25.4. The summed E-state index contributed by atoms with van der Waals surface area (Å²) in [6.07, 6.45) is 1.97. The number of benzene rings is 6. The van der Waals surface area contributed by atoms with Crippen molar-refractivity contribution in [1.29, 1.82) is 0 Å². The van der Waals surface area contributed by atoms with Gasteiger partial charge in [-0.2, -0.15) is 0 Å². The molecule has 0 amide bonds. The first-order valence-electron chi connectivity index (χ1n) is 14.3. The average molecular weight is 542 g/mol. The molecule has 0 aliphatic rings. The summed E-state index contributed by atoms with van der Waals surface area (Å²) in [6, 6.07) is 55.9. The lowest BCUT2D eigenvalue weighted by molar-refractivity contribution is 0.901. The largest absolute Gasteiger partial charge is 0.337 e. The number of allylic oxidation sites excluding steroid dienone is 1. The van der Waals surface area contributed by atoms with E-state index in [1.807, 2.05) is 6.08 Å². The summed E-state index contributed by atoms with van der Waals surface area (Å²) < 4.78 is 2.36. The molecule has 202 valence electrons. The van der Waals surface area contributed by atoms with Crippen LogP contribution in [0.5, 0.6) is 0 Å². The van der Waals surface area contributed by atoms with Crippen LogP contribution in [0.2, 0.25) is 0 Å². The molecule has 42 heavy (non-hydrogen) atoms. The van der Waals surface area contributed by atoms with Gasteiger partial charge < -0.3 is 14.4 Å². The fourth-order valence-electron chi connectivity index (χ4n) is 5.89. The Kier molecular flexibility index (Phi) is 6.75. The maximum absolute atomic E-state index is 4.06. The minimum absolute atomic E-state index is 0.737. The van der Waals surface area contributed by atoms with Gasteiger partial charge >= 0.3 is 0 Å². The molecule has 0 saturated heterocycles. The van der Waals surface area contributed by atoms with E-state index in [4.69, 9.17) is 0 Å². The highest BCUT2D eigenvalue weighted by molar-refractivity contribution is 6.11. The molecular weight excluding hydrogens is 510 g/mol. The highest BCUT2D eigenvalue weighted by Gasteiger charge is 2.18. The van der Waals surface area contributed by atoms with E-state index in [0.717, 1.165) is 40.7 Å². The monoisotopic (exact) mass is 541 g/mol. The Hall–Kier alpha value is -5.54. The molecule has 3 nitrogen and oxygen atoms in total. The molecule has 1 heterocycles. The second-order valence-corrected chi connectivity index (χ2v) is 10.3. The van der Waals surface area contributed by atoms with Gasteiger partial charge in [0.2, 0.25) is 0 Å². The van der Waals surface area contributed by atoms with Crippen molar-refractivity contribution in [2.75, 3.05) is 9.80 Å². The Morgan fingerprint density at radius 2 is 0.762 bits per heavy atom. The molecule has 0 aliphatic heterocycles. The zero-order valence-corrected chi connectivity index (χ0v) is 23.3. The Bertz CT molecular complexity index is 1740. The topological polar surface area (TPSA) is 11.4 Å². The van der Waals surface area contributed by atoms with E-state index in [2.05, 4.69) is 179 Å².